The molecule has 2 fully saturated rings. The molecule has 0 saturated heterocycles. The summed E-state index contributed by atoms with van der Waals surface area (Å²) in [7, 11) is -1.89. The first-order chi connectivity index (χ1) is 14.7. The summed E-state index contributed by atoms with van der Waals surface area (Å²) >= 11 is 0. The SMILES string of the molecule is Cc1ccc2c(c1)CC[C@@H]1[C@@H]2CC[C@@]2(C)[C@H]1CC[C@@]2(O)C#C[Si](C)(C)c1ccccc1. The van der Waals surface area contributed by atoms with Gasteiger partial charge in [0, 0.05) is 5.41 Å². The standard InChI is InChI=1S/C29H36OSi/c1-21-10-12-24-22(20-21)11-13-26-25(24)14-16-28(2)27(26)15-17-29(28,30)18-19-31(3,4)23-8-6-5-7-9-23/h5-10,12,20,25-27,30H,11,13-17H2,1-4H3/t25-,26-,27+,28+,29-/m1/s1. The second kappa shape index (κ2) is 7.36. The van der Waals surface area contributed by atoms with E-state index in [0.717, 1.165) is 19.3 Å². The first-order valence-corrected chi connectivity index (χ1v) is 15.2. The van der Waals surface area contributed by atoms with Crippen LogP contribution in [0.1, 0.15) is 61.6 Å². The molecule has 3 aliphatic rings. The quantitative estimate of drug-likeness (QED) is 0.453. The van der Waals surface area contributed by atoms with Crippen LogP contribution in [-0.4, -0.2) is 18.8 Å². The molecule has 2 heteroatoms. The molecule has 0 unspecified atom stereocenters. The van der Waals surface area contributed by atoms with Crippen molar-refractivity contribution in [2.24, 2.45) is 17.3 Å². The molecule has 0 heterocycles. The predicted molar refractivity (Wildman–Crippen MR) is 132 cm³/mol. The molecule has 0 spiro atoms. The Labute approximate surface area is 189 Å². The minimum absolute atomic E-state index is 0.0788. The van der Waals surface area contributed by atoms with E-state index in [4.69, 9.17) is 0 Å². The number of rotatable bonds is 1. The number of aryl methyl sites for hydroxylation is 2. The van der Waals surface area contributed by atoms with Crippen LogP contribution in [0, 0.1) is 35.6 Å². The summed E-state index contributed by atoms with van der Waals surface area (Å²) in [4.78, 5) is 0. The third-order valence-electron chi connectivity index (χ3n) is 9.11. The van der Waals surface area contributed by atoms with E-state index < -0.39 is 13.7 Å². The van der Waals surface area contributed by atoms with Gasteiger partial charge in [-0.3, -0.25) is 0 Å². The maximum atomic E-state index is 11.9. The van der Waals surface area contributed by atoms with Gasteiger partial charge in [-0.1, -0.05) is 80.0 Å². The summed E-state index contributed by atoms with van der Waals surface area (Å²) in [5.41, 5.74) is 7.29. The topological polar surface area (TPSA) is 20.2 Å². The van der Waals surface area contributed by atoms with Crippen molar-refractivity contribution >= 4 is 13.3 Å². The van der Waals surface area contributed by atoms with Crippen LogP contribution in [0.15, 0.2) is 48.5 Å². The Bertz CT molecular complexity index is 1050. The Morgan fingerprint density at radius 2 is 1.77 bits per heavy atom. The van der Waals surface area contributed by atoms with Gasteiger partial charge in [-0.2, -0.15) is 0 Å². The van der Waals surface area contributed by atoms with Crippen LogP contribution in [0.4, 0.5) is 0 Å². The number of fused-ring (bicyclic) bond motifs is 5. The molecule has 31 heavy (non-hydrogen) atoms. The van der Waals surface area contributed by atoms with Gasteiger partial charge in [0.05, 0.1) is 0 Å². The summed E-state index contributed by atoms with van der Waals surface area (Å²) < 4.78 is 0. The van der Waals surface area contributed by atoms with Crippen molar-refractivity contribution in [3.63, 3.8) is 0 Å². The summed E-state index contributed by atoms with van der Waals surface area (Å²) in [6.45, 7) is 9.19. The molecule has 2 aromatic rings. The lowest BCUT2D eigenvalue weighted by Gasteiger charge is -2.52. The first kappa shape index (κ1) is 21.0. The lowest BCUT2D eigenvalue weighted by molar-refractivity contribution is -0.0647. The second-order valence-corrected chi connectivity index (χ2v) is 15.3. The van der Waals surface area contributed by atoms with Gasteiger partial charge >= 0.3 is 0 Å². The highest BCUT2D eigenvalue weighted by atomic mass is 28.3. The van der Waals surface area contributed by atoms with Crippen LogP contribution in [0.3, 0.4) is 0 Å². The zero-order chi connectivity index (χ0) is 21.9. The molecule has 0 radical (unpaired) electrons. The van der Waals surface area contributed by atoms with Gasteiger partial charge in [0.1, 0.15) is 5.60 Å². The molecule has 2 aromatic carbocycles. The monoisotopic (exact) mass is 428 g/mol. The molecule has 3 aliphatic carbocycles. The Kier molecular flexibility index (Phi) is 5.00. The Morgan fingerprint density at radius 3 is 2.55 bits per heavy atom. The molecule has 0 aliphatic heterocycles. The van der Waals surface area contributed by atoms with Crippen molar-refractivity contribution in [3.05, 3.63) is 65.2 Å². The fourth-order valence-electron chi connectivity index (χ4n) is 7.12. The summed E-state index contributed by atoms with van der Waals surface area (Å²) in [6, 6.07) is 17.8. The highest BCUT2D eigenvalue weighted by Crippen LogP contribution is 2.64. The number of benzene rings is 2. The third-order valence-corrected chi connectivity index (χ3v) is 11.6. The average Bonchev–Trinajstić information content (AvgIpc) is 3.04. The van der Waals surface area contributed by atoms with Gasteiger partial charge in [-0.05, 0) is 79.5 Å². The first-order valence-electron chi connectivity index (χ1n) is 12.2. The predicted octanol–water partition coefficient (Wildman–Crippen LogP) is 5.74. The van der Waals surface area contributed by atoms with Crippen molar-refractivity contribution in [2.75, 3.05) is 0 Å². The molecule has 0 amide bonds. The summed E-state index contributed by atoms with van der Waals surface area (Å²) in [5.74, 6) is 5.48. The number of hydrogen-bond acceptors (Lipinski definition) is 1. The van der Waals surface area contributed by atoms with Gasteiger partial charge in [0.25, 0.3) is 0 Å². The van der Waals surface area contributed by atoms with Gasteiger partial charge in [0.2, 0.25) is 0 Å². The Morgan fingerprint density at radius 1 is 1.00 bits per heavy atom. The molecular weight excluding hydrogens is 392 g/mol. The van der Waals surface area contributed by atoms with E-state index in [1.165, 1.54) is 30.0 Å². The lowest BCUT2D eigenvalue weighted by atomic mass is 9.53. The van der Waals surface area contributed by atoms with Gasteiger partial charge in [0.15, 0.2) is 8.07 Å². The largest absolute Gasteiger partial charge is 0.377 e. The molecule has 2 saturated carbocycles. The molecular formula is C29H36OSi. The van der Waals surface area contributed by atoms with Gasteiger partial charge in [-0.15, -0.1) is 5.54 Å². The lowest BCUT2D eigenvalue weighted by Crippen LogP contribution is -2.50. The van der Waals surface area contributed by atoms with Gasteiger partial charge < -0.3 is 5.11 Å². The van der Waals surface area contributed by atoms with Crippen LogP contribution in [0.2, 0.25) is 13.1 Å². The molecule has 162 valence electrons. The zero-order valence-corrected chi connectivity index (χ0v) is 20.5. The van der Waals surface area contributed by atoms with E-state index in [0.29, 0.717) is 17.8 Å². The maximum absolute atomic E-state index is 11.9. The maximum Gasteiger partial charge on any atom is 0.162 e. The Hall–Kier alpha value is -1.82. The minimum Gasteiger partial charge on any atom is -0.377 e. The van der Waals surface area contributed by atoms with Crippen molar-refractivity contribution in [1.82, 2.24) is 0 Å². The van der Waals surface area contributed by atoms with Crippen molar-refractivity contribution in [1.29, 1.82) is 0 Å². The van der Waals surface area contributed by atoms with Crippen molar-refractivity contribution in [2.45, 2.75) is 77.0 Å². The average molecular weight is 429 g/mol. The molecule has 0 aromatic heterocycles. The third kappa shape index (κ3) is 3.33. The number of aliphatic hydroxyl groups is 1. The zero-order valence-electron chi connectivity index (χ0n) is 19.5. The van der Waals surface area contributed by atoms with E-state index in [-0.39, 0.29) is 5.41 Å². The van der Waals surface area contributed by atoms with Crippen LogP contribution in [-0.2, 0) is 6.42 Å². The fraction of sp³-hybridized carbons (Fsp3) is 0.517. The summed E-state index contributed by atoms with van der Waals surface area (Å²) in [5, 5.41) is 13.3. The normalized spacial score (nSPS) is 34.2. The highest BCUT2D eigenvalue weighted by molar-refractivity contribution is 6.96. The smallest absolute Gasteiger partial charge is 0.162 e. The molecule has 0 bridgehead atoms. The van der Waals surface area contributed by atoms with Crippen LogP contribution < -0.4 is 5.19 Å². The van der Waals surface area contributed by atoms with E-state index in [9.17, 15) is 5.11 Å². The highest BCUT2D eigenvalue weighted by Gasteiger charge is 2.61. The second-order valence-electron chi connectivity index (χ2n) is 11.2. The van der Waals surface area contributed by atoms with E-state index in [1.54, 1.807) is 11.1 Å². The van der Waals surface area contributed by atoms with Crippen LogP contribution in [0.25, 0.3) is 0 Å². The Balaban J connectivity index is 1.44. The molecule has 1 N–H and O–H groups in total. The van der Waals surface area contributed by atoms with Crippen molar-refractivity contribution < 1.29 is 5.11 Å². The molecule has 5 rings (SSSR count). The number of hydrogen-bond donors (Lipinski definition) is 1. The van der Waals surface area contributed by atoms with E-state index in [2.05, 4.69) is 86.9 Å². The minimum atomic E-state index is -1.89. The summed E-state index contributed by atoms with van der Waals surface area (Å²) in [6.07, 6.45) is 6.71. The molecule has 5 atom stereocenters. The fourth-order valence-corrected chi connectivity index (χ4v) is 8.81. The van der Waals surface area contributed by atoms with Crippen LogP contribution in [0.5, 0.6) is 0 Å². The van der Waals surface area contributed by atoms with Crippen LogP contribution >= 0.6 is 0 Å². The van der Waals surface area contributed by atoms with E-state index >= 15 is 0 Å². The molecule has 1 nitrogen and oxygen atoms in total. The van der Waals surface area contributed by atoms with Crippen molar-refractivity contribution in [3.8, 4) is 11.5 Å². The van der Waals surface area contributed by atoms with Gasteiger partial charge in [-0.25, -0.2) is 0 Å². The van der Waals surface area contributed by atoms with E-state index in [1.807, 2.05) is 0 Å².